The van der Waals surface area contributed by atoms with Gasteiger partial charge in [-0.15, -0.1) is 0 Å². The first kappa shape index (κ1) is 11.7. The summed E-state index contributed by atoms with van der Waals surface area (Å²) in [6.07, 6.45) is 6.02. The molecule has 1 aromatic carbocycles. The van der Waals surface area contributed by atoms with Crippen molar-refractivity contribution in [3.63, 3.8) is 0 Å². The molecule has 1 saturated carbocycles. The van der Waals surface area contributed by atoms with Crippen molar-refractivity contribution in [3.05, 3.63) is 41.5 Å². The third-order valence-corrected chi connectivity index (χ3v) is 4.82. The van der Waals surface area contributed by atoms with Gasteiger partial charge in [-0.25, -0.2) is 0 Å². The second-order valence-electron chi connectivity index (χ2n) is 5.75. The summed E-state index contributed by atoms with van der Waals surface area (Å²) in [6.45, 7) is 4.46. The Balaban J connectivity index is 2.13. The molecule has 18 heavy (non-hydrogen) atoms. The van der Waals surface area contributed by atoms with Crippen molar-refractivity contribution in [2.24, 2.45) is 5.92 Å². The van der Waals surface area contributed by atoms with E-state index in [-0.39, 0.29) is 5.41 Å². The van der Waals surface area contributed by atoms with Crippen molar-refractivity contribution in [1.82, 2.24) is 0 Å². The van der Waals surface area contributed by atoms with E-state index in [1.807, 2.05) is 0 Å². The standard InChI is InChI=1S/C17H20O/c1-3-13-11-17(9-8-14(18)10-12(17)2)16-7-5-4-6-15(13)16/h4-7,11-12H,3,8-10H2,1-2H3. The minimum atomic E-state index is 0.135. The summed E-state index contributed by atoms with van der Waals surface area (Å²) in [4.78, 5) is 11.7. The lowest BCUT2D eigenvalue weighted by molar-refractivity contribution is -0.122. The van der Waals surface area contributed by atoms with Gasteiger partial charge in [0.15, 0.2) is 0 Å². The predicted octanol–water partition coefficient (Wildman–Crippen LogP) is 4.12. The quantitative estimate of drug-likeness (QED) is 0.721. The molecule has 1 aromatic rings. The third-order valence-electron chi connectivity index (χ3n) is 4.82. The zero-order valence-corrected chi connectivity index (χ0v) is 11.2. The van der Waals surface area contributed by atoms with Gasteiger partial charge in [0.1, 0.15) is 5.78 Å². The summed E-state index contributed by atoms with van der Waals surface area (Å²) in [5.41, 5.74) is 4.48. The van der Waals surface area contributed by atoms with Crippen molar-refractivity contribution in [3.8, 4) is 0 Å². The molecule has 2 atom stereocenters. The highest BCUT2D eigenvalue weighted by Crippen LogP contribution is 2.51. The lowest BCUT2D eigenvalue weighted by Crippen LogP contribution is -2.36. The van der Waals surface area contributed by atoms with Crippen LogP contribution in [-0.2, 0) is 10.2 Å². The molecule has 1 spiro atoms. The summed E-state index contributed by atoms with van der Waals surface area (Å²) in [5.74, 6) is 0.868. The van der Waals surface area contributed by atoms with E-state index in [4.69, 9.17) is 0 Å². The molecule has 0 aromatic heterocycles. The highest BCUT2D eigenvalue weighted by Gasteiger charge is 2.44. The zero-order valence-electron chi connectivity index (χ0n) is 11.2. The molecule has 1 fully saturated rings. The summed E-state index contributed by atoms with van der Waals surface area (Å²) in [5, 5.41) is 0. The van der Waals surface area contributed by atoms with E-state index in [1.165, 1.54) is 16.7 Å². The number of ketones is 1. The van der Waals surface area contributed by atoms with Gasteiger partial charge in [-0.3, -0.25) is 4.79 Å². The van der Waals surface area contributed by atoms with E-state index in [0.717, 1.165) is 25.7 Å². The number of hydrogen-bond donors (Lipinski definition) is 0. The van der Waals surface area contributed by atoms with Crippen LogP contribution >= 0.6 is 0 Å². The highest BCUT2D eigenvalue weighted by atomic mass is 16.1. The Morgan fingerprint density at radius 2 is 2.11 bits per heavy atom. The van der Waals surface area contributed by atoms with Crippen LogP contribution in [0.25, 0.3) is 5.57 Å². The topological polar surface area (TPSA) is 17.1 Å². The van der Waals surface area contributed by atoms with E-state index < -0.39 is 0 Å². The zero-order chi connectivity index (χ0) is 12.8. The third kappa shape index (κ3) is 1.50. The van der Waals surface area contributed by atoms with Crippen LogP contribution in [-0.4, -0.2) is 5.78 Å². The molecule has 0 aliphatic heterocycles. The number of rotatable bonds is 1. The first-order valence-corrected chi connectivity index (χ1v) is 7.00. The first-order valence-electron chi connectivity index (χ1n) is 7.00. The fourth-order valence-corrected chi connectivity index (χ4v) is 3.76. The molecule has 2 unspecified atom stereocenters. The van der Waals surface area contributed by atoms with Crippen LogP contribution in [0.3, 0.4) is 0 Å². The number of benzene rings is 1. The largest absolute Gasteiger partial charge is 0.300 e. The number of allylic oxidation sites excluding steroid dienone is 2. The Morgan fingerprint density at radius 3 is 2.83 bits per heavy atom. The Labute approximate surface area is 109 Å². The first-order chi connectivity index (χ1) is 8.67. The van der Waals surface area contributed by atoms with Crippen molar-refractivity contribution < 1.29 is 4.79 Å². The van der Waals surface area contributed by atoms with E-state index in [0.29, 0.717) is 11.7 Å². The molecule has 0 heterocycles. The van der Waals surface area contributed by atoms with Gasteiger partial charge in [0.2, 0.25) is 0 Å². The minimum Gasteiger partial charge on any atom is -0.300 e. The van der Waals surface area contributed by atoms with Crippen LogP contribution in [0.1, 0.15) is 50.7 Å². The average molecular weight is 240 g/mol. The average Bonchev–Trinajstić information content (AvgIpc) is 2.70. The number of hydrogen-bond acceptors (Lipinski definition) is 1. The number of carbonyl (C=O) groups excluding carboxylic acids is 1. The molecular weight excluding hydrogens is 220 g/mol. The van der Waals surface area contributed by atoms with Gasteiger partial charge in [-0.2, -0.15) is 0 Å². The van der Waals surface area contributed by atoms with Gasteiger partial charge in [0.05, 0.1) is 0 Å². The van der Waals surface area contributed by atoms with Gasteiger partial charge in [-0.05, 0) is 35.5 Å². The molecule has 1 heteroatoms. The molecule has 0 amide bonds. The van der Waals surface area contributed by atoms with E-state index in [9.17, 15) is 4.79 Å². The Bertz CT molecular complexity index is 526. The van der Waals surface area contributed by atoms with Gasteiger partial charge >= 0.3 is 0 Å². The minimum absolute atomic E-state index is 0.135. The molecule has 0 bridgehead atoms. The number of carbonyl (C=O) groups is 1. The van der Waals surface area contributed by atoms with E-state index >= 15 is 0 Å². The highest BCUT2D eigenvalue weighted by molar-refractivity contribution is 5.83. The fraction of sp³-hybridized carbons (Fsp3) is 0.471. The molecule has 0 saturated heterocycles. The normalized spacial score (nSPS) is 30.4. The molecule has 2 aliphatic carbocycles. The number of fused-ring (bicyclic) bond motifs is 2. The van der Waals surface area contributed by atoms with Gasteiger partial charge in [-0.1, -0.05) is 44.2 Å². The summed E-state index contributed by atoms with van der Waals surface area (Å²) in [6, 6.07) is 8.76. The molecule has 2 aliphatic rings. The van der Waals surface area contributed by atoms with Crippen LogP contribution in [0.4, 0.5) is 0 Å². The summed E-state index contributed by atoms with van der Waals surface area (Å²) in [7, 11) is 0. The maximum atomic E-state index is 11.7. The molecule has 3 rings (SSSR count). The maximum absolute atomic E-state index is 11.7. The van der Waals surface area contributed by atoms with Gasteiger partial charge in [0, 0.05) is 18.3 Å². The van der Waals surface area contributed by atoms with E-state index in [1.54, 1.807) is 0 Å². The molecule has 94 valence electrons. The van der Waals surface area contributed by atoms with Crippen molar-refractivity contribution in [2.75, 3.05) is 0 Å². The second kappa shape index (κ2) is 4.08. The Morgan fingerprint density at radius 1 is 1.33 bits per heavy atom. The predicted molar refractivity (Wildman–Crippen MR) is 74.4 cm³/mol. The smallest absolute Gasteiger partial charge is 0.133 e. The van der Waals surface area contributed by atoms with Crippen LogP contribution in [0.5, 0.6) is 0 Å². The van der Waals surface area contributed by atoms with Crippen molar-refractivity contribution in [1.29, 1.82) is 0 Å². The maximum Gasteiger partial charge on any atom is 0.133 e. The Kier molecular flexibility index (Phi) is 2.65. The summed E-state index contributed by atoms with van der Waals surface area (Å²) < 4.78 is 0. The second-order valence-corrected chi connectivity index (χ2v) is 5.75. The number of Topliss-reactive ketones (excluding diaryl/α,β-unsaturated/α-hetero) is 1. The van der Waals surface area contributed by atoms with Crippen LogP contribution in [0.2, 0.25) is 0 Å². The lowest BCUT2D eigenvalue weighted by atomic mass is 9.64. The lowest BCUT2D eigenvalue weighted by Gasteiger charge is -2.38. The Hall–Kier alpha value is -1.37. The van der Waals surface area contributed by atoms with Crippen molar-refractivity contribution in [2.45, 2.75) is 44.9 Å². The van der Waals surface area contributed by atoms with Crippen LogP contribution in [0.15, 0.2) is 30.3 Å². The van der Waals surface area contributed by atoms with Gasteiger partial charge < -0.3 is 0 Å². The fourth-order valence-electron chi connectivity index (χ4n) is 3.76. The molecule has 1 nitrogen and oxygen atoms in total. The van der Waals surface area contributed by atoms with E-state index in [2.05, 4.69) is 44.2 Å². The SMILES string of the molecule is CCC1=CC2(CCC(=O)CC2C)c2ccccc21. The van der Waals surface area contributed by atoms with Gasteiger partial charge in [0.25, 0.3) is 0 Å². The molecule has 0 radical (unpaired) electrons. The van der Waals surface area contributed by atoms with Crippen LogP contribution in [0, 0.1) is 5.92 Å². The molecular formula is C17H20O. The monoisotopic (exact) mass is 240 g/mol. The van der Waals surface area contributed by atoms with Crippen molar-refractivity contribution >= 4 is 11.4 Å². The molecule has 0 N–H and O–H groups in total. The summed E-state index contributed by atoms with van der Waals surface area (Å²) >= 11 is 0. The van der Waals surface area contributed by atoms with Crippen LogP contribution < -0.4 is 0 Å².